The van der Waals surface area contributed by atoms with Crippen molar-refractivity contribution in [2.75, 3.05) is 26.2 Å². The Bertz CT molecular complexity index is 431. The lowest BCUT2D eigenvalue weighted by molar-refractivity contribution is -0.120. The molecule has 2 saturated carbocycles. The highest BCUT2D eigenvalue weighted by Gasteiger charge is 2.35. The molecular formula is C19H34N4O. The summed E-state index contributed by atoms with van der Waals surface area (Å²) in [7, 11) is 0. The average molecular weight is 335 g/mol. The fraction of sp³-hybridized carbons (Fsp3) is 0.895. The number of guanidine groups is 1. The van der Waals surface area contributed by atoms with Gasteiger partial charge >= 0.3 is 0 Å². The van der Waals surface area contributed by atoms with Crippen LogP contribution in [-0.2, 0) is 4.79 Å². The molecule has 3 fully saturated rings. The Labute approximate surface area is 146 Å². The number of rotatable bonds is 4. The van der Waals surface area contributed by atoms with Crippen LogP contribution < -0.4 is 10.6 Å². The highest BCUT2D eigenvalue weighted by Crippen LogP contribution is 2.35. The lowest BCUT2D eigenvalue weighted by atomic mass is 9.82. The standard InChI is InChI=1S/C19H34N4O/c1-2-20-19(23-13-15-8-6-7-9-16(15)14-23)21-12-18(24)22-17-10-4-3-5-11-17/h15-17H,2-14H2,1H3,(H,20,21)(H,22,24). The van der Waals surface area contributed by atoms with E-state index in [4.69, 9.17) is 0 Å². The summed E-state index contributed by atoms with van der Waals surface area (Å²) in [6.07, 6.45) is 11.5. The average Bonchev–Trinajstić information content (AvgIpc) is 3.03. The highest BCUT2D eigenvalue weighted by atomic mass is 16.1. The van der Waals surface area contributed by atoms with Crippen LogP contribution in [0, 0.1) is 11.8 Å². The van der Waals surface area contributed by atoms with Gasteiger partial charge in [0.25, 0.3) is 0 Å². The third-order valence-electron chi connectivity index (χ3n) is 5.95. The van der Waals surface area contributed by atoms with Crippen LogP contribution in [0.15, 0.2) is 4.99 Å². The van der Waals surface area contributed by atoms with E-state index in [9.17, 15) is 4.79 Å². The van der Waals surface area contributed by atoms with E-state index in [1.807, 2.05) is 0 Å². The van der Waals surface area contributed by atoms with Gasteiger partial charge in [0.05, 0.1) is 0 Å². The van der Waals surface area contributed by atoms with E-state index in [1.165, 1.54) is 44.9 Å². The number of nitrogens with one attached hydrogen (secondary N) is 2. The molecule has 136 valence electrons. The minimum Gasteiger partial charge on any atom is -0.357 e. The maximum Gasteiger partial charge on any atom is 0.242 e. The zero-order valence-electron chi connectivity index (χ0n) is 15.2. The van der Waals surface area contributed by atoms with E-state index < -0.39 is 0 Å². The summed E-state index contributed by atoms with van der Waals surface area (Å²) in [5, 5.41) is 6.55. The molecule has 1 saturated heterocycles. The molecule has 2 aliphatic carbocycles. The summed E-state index contributed by atoms with van der Waals surface area (Å²) >= 11 is 0. The molecule has 0 aromatic rings. The fourth-order valence-electron chi connectivity index (χ4n) is 4.67. The van der Waals surface area contributed by atoms with Gasteiger partial charge in [-0.3, -0.25) is 4.79 Å². The lowest BCUT2D eigenvalue weighted by Gasteiger charge is -2.23. The molecule has 5 heteroatoms. The van der Waals surface area contributed by atoms with E-state index in [0.717, 1.165) is 50.3 Å². The molecule has 3 aliphatic rings. The molecule has 2 unspecified atom stereocenters. The molecule has 0 aromatic carbocycles. The molecule has 0 radical (unpaired) electrons. The number of carbonyl (C=O) groups excluding carboxylic acids is 1. The van der Waals surface area contributed by atoms with Crippen LogP contribution in [0.1, 0.15) is 64.7 Å². The number of aliphatic imine (C=N–C) groups is 1. The number of hydrogen-bond acceptors (Lipinski definition) is 2. The Kier molecular flexibility index (Phi) is 6.38. The molecule has 2 N–H and O–H groups in total. The number of carbonyl (C=O) groups is 1. The van der Waals surface area contributed by atoms with Gasteiger partial charge in [-0.2, -0.15) is 0 Å². The van der Waals surface area contributed by atoms with Gasteiger partial charge < -0.3 is 15.5 Å². The van der Waals surface area contributed by atoms with Crippen LogP contribution in [0.2, 0.25) is 0 Å². The second-order valence-corrected chi connectivity index (χ2v) is 7.78. The number of fused-ring (bicyclic) bond motifs is 1. The van der Waals surface area contributed by atoms with E-state index in [1.54, 1.807) is 0 Å². The molecule has 1 heterocycles. The first-order valence-corrected chi connectivity index (χ1v) is 10.1. The molecule has 0 aromatic heterocycles. The Balaban J connectivity index is 1.52. The van der Waals surface area contributed by atoms with E-state index in [-0.39, 0.29) is 12.5 Å². The monoisotopic (exact) mass is 334 g/mol. The summed E-state index contributed by atoms with van der Waals surface area (Å²) < 4.78 is 0. The Hall–Kier alpha value is -1.26. The van der Waals surface area contributed by atoms with E-state index >= 15 is 0 Å². The van der Waals surface area contributed by atoms with Crippen LogP contribution >= 0.6 is 0 Å². The second-order valence-electron chi connectivity index (χ2n) is 7.78. The zero-order valence-corrected chi connectivity index (χ0v) is 15.2. The predicted octanol–water partition coefficient (Wildman–Crippen LogP) is 2.52. The van der Waals surface area contributed by atoms with Gasteiger partial charge in [0.15, 0.2) is 5.96 Å². The Morgan fingerprint density at radius 2 is 1.62 bits per heavy atom. The van der Waals surface area contributed by atoms with Gasteiger partial charge in [-0.15, -0.1) is 0 Å². The van der Waals surface area contributed by atoms with Crippen LogP contribution in [0.4, 0.5) is 0 Å². The topological polar surface area (TPSA) is 56.7 Å². The van der Waals surface area contributed by atoms with Gasteiger partial charge in [0.2, 0.25) is 5.91 Å². The van der Waals surface area contributed by atoms with Crippen molar-refractivity contribution in [1.29, 1.82) is 0 Å². The summed E-state index contributed by atoms with van der Waals surface area (Å²) in [6.45, 7) is 5.43. The van der Waals surface area contributed by atoms with Crippen LogP contribution in [0.25, 0.3) is 0 Å². The summed E-state index contributed by atoms with van der Waals surface area (Å²) in [6, 6.07) is 0.374. The van der Waals surface area contributed by atoms with Crippen molar-refractivity contribution < 1.29 is 4.79 Å². The molecule has 0 spiro atoms. The number of likely N-dealkylation sites (tertiary alicyclic amines) is 1. The molecule has 5 nitrogen and oxygen atoms in total. The number of nitrogens with zero attached hydrogens (tertiary/aromatic N) is 2. The molecule has 0 bridgehead atoms. The van der Waals surface area contributed by atoms with Gasteiger partial charge in [-0.05, 0) is 44.4 Å². The van der Waals surface area contributed by atoms with E-state index in [0.29, 0.717) is 6.04 Å². The molecule has 1 aliphatic heterocycles. The van der Waals surface area contributed by atoms with Gasteiger partial charge in [0, 0.05) is 25.7 Å². The first-order valence-electron chi connectivity index (χ1n) is 10.1. The van der Waals surface area contributed by atoms with Crippen molar-refractivity contribution in [2.45, 2.75) is 70.8 Å². The van der Waals surface area contributed by atoms with Crippen molar-refractivity contribution in [3.63, 3.8) is 0 Å². The smallest absolute Gasteiger partial charge is 0.242 e. The van der Waals surface area contributed by atoms with Crippen LogP contribution in [0.3, 0.4) is 0 Å². The van der Waals surface area contributed by atoms with Gasteiger partial charge in [0.1, 0.15) is 6.54 Å². The largest absolute Gasteiger partial charge is 0.357 e. The minimum atomic E-state index is 0.0777. The van der Waals surface area contributed by atoms with Crippen molar-refractivity contribution >= 4 is 11.9 Å². The maximum absolute atomic E-state index is 12.2. The molecule has 1 amide bonds. The van der Waals surface area contributed by atoms with Crippen LogP contribution in [0.5, 0.6) is 0 Å². The normalized spacial score (nSPS) is 28.5. The minimum absolute atomic E-state index is 0.0777. The third kappa shape index (κ3) is 4.64. The summed E-state index contributed by atoms with van der Waals surface area (Å²) in [5.41, 5.74) is 0. The first kappa shape index (κ1) is 17.6. The van der Waals surface area contributed by atoms with Crippen molar-refractivity contribution in [3.05, 3.63) is 0 Å². The highest BCUT2D eigenvalue weighted by molar-refractivity contribution is 5.85. The van der Waals surface area contributed by atoms with Crippen molar-refractivity contribution in [1.82, 2.24) is 15.5 Å². The zero-order chi connectivity index (χ0) is 16.8. The third-order valence-corrected chi connectivity index (χ3v) is 5.95. The second kappa shape index (κ2) is 8.72. The first-order chi connectivity index (χ1) is 11.8. The Morgan fingerprint density at radius 1 is 1.00 bits per heavy atom. The maximum atomic E-state index is 12.2. The predicted molar refractivity (Wildman–Crippen MR) is 98.0 cm³/mol. The van der Waals surface area contributed by atoms with Gasteiger partial charge in [-0.25, -0.2) is 4.99 Å². The van der Waals surface area contributed by atoms with E-state index in [2.05, 4.69) is 27.4 Å². The number of hydrogen-bond donors (Lipinski definition) is 2. The molecular weight excluding hydrogens is 300 g/mol. The Morgan fingerprint density at radius 3 is 2.25 bits per heavy atom. The van der Waals surface area contributed by atoms with Crippen molar-refractivity contribution in [2.24, 2.45) is 16.8 Å². The van der Waals surface area contributed by atoms with Crippen molar-refractivity contribution in [3.8, 4) is 0 Å². The number of amides is 1. The van der Waals surface area contributed by atoms with Gasteiger partial charge in [-0.1, -0.05) is 32.1 Å². The molecule has 3 rings (SSSR count). The van der Waals surface area contributed by atoms with Crippen LogP contribution in [-0.4, -0.2) is 49.0 Å². The summed E-state index contributed by atoms with van der Waals surface area (Å²) in [5.74, 6) is 2.68. The SMILES string of the molecule is CCNC(=NCC(=O)NC1CCCCC1)N1CC2CCCCC2C1. The quantitative estimate of drug-likeness (QED) is 0.613. The summed E-state index contributed by atoms with van der Waals surface area (Å²) in [4.78, 5) is 19.2. The fourth-order valence-corrected chi connectivity index (χ4v) is 4.67. The molecule has 2 atom stereocenters. The lowest BCUT2D eigenvalue weighted by Crippen LogP contribution is -2.42. The molecule has 24 heavy (non-hydrogen) atoms.